The Labute approximate surface area is 145 Å². The number of anilines is 1. The normalized spacial score (nSPS) is 16.0. The predicted octanol–water partition coefficient (Wildman–Crippen LogP) is 3.32. The SMILES string of the molecule is C=C(C)c1cnc(NC(=O)C(C)(C)CC)cc1CN1CCOCC1. The summed E-state index contributed by atoms with van der Waals surface area (Å²) in [6.45, 7) is 16.1. The van der Waals surface area contributed by atoms with Crippen LogP contribution in [-0.2, 0) is 16.1 Å². The van der Waals surface area contributed by atoms with Gasteiger partial charge in [0.15, 0.2) is 0 Å². The molecule has 2 heterocycles. The lowest BCUT2D eigenvalue weighted by molar-refractivity contribution is -0.124. The van der Waals surface area contributed by atoms with Crippen molar-refractivity contribution in [1.82, 2.24) is 9.88 Å². The Bertz CT molecular complexity index is 605. The van der Waals surface area contributed by atoms with E-state index in [1.807, 2.05) is 40.0 Å². The van der Waals surface area contributed by atoms with Crippen LogP contribution in [0.25, 0.3) is 5.57 Å². The zero-order valence-corrected chi connectivity index (χ0v) is 15.3. The fraction of sp³-hybridized carbons (Fsp3) is 0.579. The van der Waals surface area contributed by atoms with Gasteiger partial charge in [0, 0.05) is 31.2 Å². The van der Waals surface area contributed by atoms with Crippen molar-refractivity contribution < 1.29 is 9.53 Å². The fourth-order valence-corrected chi connectivity index (χ4v) is 2.53. The van der Waals surface area contributed by atoms with Gasteiger partial charge in [0.05, 0.1) is 13.2 Å². The van der Waals surface area contributed by atoms with Crippen molar-refractivity contribution in [3.8, 4) is 0 Å². The zero-order chi connectivity index (χ0) is 17.7. The number of allylic oxidation sites excluding steroid dienone is 1. The number of amides is 1. The quantitative estimate of drug-likeness (QED) is 0.869. The minimum absolute atomic E-state index is 0.00195. The van der Waals surface area contributed by atoms with Gasteiger partial charge in [-0.2, -0.15) is 0 Å². The topological polar surface area (TPSA) is 54.5 Å². The summed E-state index contributed by atoms with van der Waals surface area (Å²) >= 11 is 0. The molecule has 1 aromatic heterocycles. The number of pyridine rings is 1. The van der Waals surface area contributed by atoms with Gasteiger partial charge < -0.3 is 10.1 Å². The number of aromatic nitrogens is 1. The molecule has 1 N–H and O–H groups in total. The molecule has 5 heteroatoms. The lowest BCUT2D eigenvalue weighted by Gasteiger charge is -2.27. The van der Waals surface area contributed by atoms with E-state index in [9.17, 15) is 4.79 Å². The van der Waals surface area contributed by atoms with Gasteiger partial charge in [-0.05, 0) is 36.1 Å². The number of rotatable bonds is 6. The number of nitrogens with one attached hydrogen (secondary N) is 1. The highest BCUT2D eigenvalue weighted by molar-refractivity contribution is 5.94. The van der Waals surface area contributed by atoms with Crippen molar-refractivity contribution in [2.45, 2.75) is 40.7 Å². The second-order valence-corrected chi connectivity index (χ2v) is 7.09. The number of morpholine rings is 1. The van der Waals surface area contributed by atoms with E-state index >= 15 is 0 Å². The molecule has 2 rings (SSSR count). The van der Waals surface area contributed by atoms with Crippen LogP contribution in [0.3, 0.4) is 0 Å². The standard InChI is InChI=1S/C19H29N3O2/c1-6-19(4,5)18(23)21-17-11-15(16(12-20-17)14(2)3)13-22-7-9-24-10-8-22/h11-12H,2,6-10,13H2,1,3-5H3,(H,20,21,23). The first kappa shape index (κ1) is 18.6. The van der Waals surface area contributed by atoms with Crippen molar-refractivity contribution in [2.24, 2.45) is 5.41 Å². The molecular weight excluding hydrogens is 302 g/mol. The van der Waals surface area contributed by atoms with Gasteiger partial charge in [0.2, 0.25) is 5.91 Å². The van der Waals surface area contributed by atoms with Gasteiger partial charge in [-0.1, -0.05) is 27.4 Å². The van der Waals surface area contributed by atoms with E-state index < -0.39 is 5.41 Å². The molecule has 0 bridgehead atoms. The fourth-order valence-electron chi connectivity index (χ4n) is 2.53. The number of ether oxygens (including phenoxy) is 1. The molecule has 1 amide bonds. The molecule has 0 aliphatic carbocycles. The molecule has 132 valence electrons. The maximum absolute atomic E-state index is 12.4. The predicted molar refractivity (Wildman–Crippen MR) is 97.7 cm³/mol. The average Bonchev–Trinajstić information content (AvgIpc) is 2.55. The van der Waals surface area contributed by atoms with Crippen LogP contribution in [0.4, 0.5) is 5.82 Å². The Morgan fingerprint density at radius 3 is 2.67 bits per heavy atom. The van der Waals surface area contributed by atoms with Gasteiger partial charge in [-0.15, -0.1) is 0 Å². The van der Waals surface area contributed by atoms with E-state index in [1.54, 1.807) is 0 Å². The first-order chi connectivity index (χ1) is 11.3. The molecule has 0 saturated carbocycles. The van der Waals surface area contributed by atoms with E-state index in [-0.39, 0.29) is 5.91 Å². The molecule has 1 saturated heterocycles. The lowest BCUT2D eigenvalue weighted by Crippen LogP contribution is -2.36. The van der Waals surface area contributed by atoms with Crippen LogP contribution in [-0.4, -0.2) is 42.1 Å². The molecule has 0 radical (unpaired) electrons. The third-order valence-corrected chi connectivity index (χ3v) is 4.69. The molecule has 1 aliphatic heterocycles. The summed E-state index contributed by atoms with van der Waals surface area (Å²) in [5, 5.41) is 2.95. The second-order valence-electron chi connectivity index (χ2n) is 7.09. The molecule has 24 heavy (non-hydrogen) atoms. The van der Waals surface area contributed by atoms with Gasteiger partial charge in [-0.25, -0.2) is 4.98 Å². The van der Waals surface area contributed by atoms with Crippen LogP contribution in [0.5, 0.6) is 0 Å². The number of hydrogen-bond donors (Lipinski definition) is 1. The first-order valence-corrected chi connectivity index (χ1v) is 8.60. The van der Waals surface area contributed by atoms with Gasteiger partial charge >= 0.3 is 0 Å². The third kappa shape index (κ3) is 4.65. The number of hydrogen-bond acceptors (Lipinski definition) is 4. The maximum atomic E-state index is 12.4. The second kappa shape index (κ2) is 7.90. The summed E-state index contributed by atoms with van der Waals surface area (Å²) in [6.07, 6.45) is 2.59. The van der Waals surface area contributed by atoms with E-state index in [0.29, 0.717) is 5.82 Å². The summed E-state index contributed by atoms with van der Waals surface area (Å²) in [5.74, 6) is 0.604. The molecule has 1 fully saturated rings. The minimum Gasteiger partial charge on any atom is -0.379 e. The number of carbonyl (C=O) groups is 1. The van der Waals surface area contributed by atoms with Crippen LogP contribution in [0.15, 0.2) is 18.8 Å². The maximum Gasteiger partial charge on any atom is 0.231 e. The van der Waals surface area contributed by atoms with Gasteiger partial charge in [0.1, 0.15) is 5.82 Å². The largest absolute Gasteiger partial charge is 0.379 e. The lowest BCUT2D eigenvalue weighted by atomic mass is 9.89. The van der Waals surface area contributed by atoms with Crippen molar-refractivity contribution in [2.75, 3.05) is 31.6 Å². The Morgan fingerprint density at radius 1 is 1.42 bits per heavy atom. The molecule has 0 aromatic carbocycles. The summed E-state index contributed by atoms with van der Waals surface area (Å²) in [7, 11) is 0. The first-order valence-electron chi connectivity index (χ1n) is 8.60. The number of nitrogens with zero attached hydrogens (tertiary/aromatic N) is 2. The van der Waals surface area contributed by atoms with Crippen molar-refractivity contribution in [3.05, 3.63) is 30.0 Å². The molecule has 0 spiro atoms. The van der Waals surface area contributed by atoms with E-state index in [1.165, 1.54) is 0 Å². The van der Waals surface area contributed by atoms with Crippen LogP contribution < -0.4 is 5.32 Å². The highest BCUT2D eigenvalue weighted by Crippen LogP contribution is 2.25. The molecule has 1 aliphatic rings. The molecule has 1 aromatic rings. The third-order valence-electron chi connectivity index (χ3n) is 4.69. The average molecular weight is 331 g/mol. The van der Waals surface area contributed by atoms with E-state index in [2.05, 4.69) is 21.8 Å². The monoisotopic (exact) mass is 331 g/mol. The Hall–Kier alpha value is -1.72. The molecular formula is C19H29N3O2. The van der Waals surface area contributed by atoms with Crippen LogP contribution in [0, 0.1) is 5.41 Å². The Morgan fingerprint density at radius 2 is 2.08 bits per heavy atom. The zero-order valence-electron chi connectivity index (χ0n) is 15.3. The van der Waals surface area contributed by atoms with E-state index in [4.69, 9.17) is 4.74 Å². The van der Waals surface area contributed by atoms with Crippen LogP contribution in [0.1, 0.15) is 45.2 Å². The summed E-state index contributed by atoms with van der Waals surface area (Å²) in [5.41, 5.74) is 2.77. The molecule has 0 atom stereocenters. The smallest absolute Gasteiger partial charge is 0.231 e. The van der Waals surface area contributed by atoms with Gasteiger partial charge in [0.25, 0.3) is 0 Å². The summed E-state index contributed by atoms with van der Waals surface area (Å²) in [6, 6.07) is 1.98. The summed E-state index contributed by atoms with van der Waals surface area (Å²) in [4.78, 5) is 19.1. The van der Waals surface area contributed by atoms with E-state index in [0.717, 1.165) is 56.0 Å². The minimum atomic E-state index is -0.404. The van der Waals surface area contributed by atoms with Crippen molar-refractivity contribution in [1.29, 1.82) is 0 Å². The molecule has 0 unspecified atom stereocenters. The van der Waals surface area contributed by atoms with Crippen LogP contribution >= 0.6 is 0 Å². The Balaban J connectivity index is 2.20. The highest BCUT2D eigenvalue weighted by atomic mass is 16.5. The van der Waals surface area contributed by atoms with Crippen LogP contribution in [0.2, 0.25) is 0 Å². The van der Waals surface area contributed by atoms with Gasteiger partial charge in [-0.3, -0.25) is 9.69 Å². The molecule has 5 nitrogen and oxygen atoms in total. The van der Waals surface area contributed by atoms with Crippen molar-refractivity contribution in [3.63, 3.8) is 0 Å². The Kier molecular flexibility index (Phi) is 6.13. The number of carbonyl (C=O) groups excluding carboxylic acids is 1. The highest BCUT2D eigenvalue weighted by Gasteiger charge is 2.26. The summed E-state index contributed by atoms with van der Waals surface area (Å²) < 4.78 is 5.41. The van der Waals surface area contributed by atoms with Crippen molar-refractivity contribution >= 4 is 17.3 Å².